The van der Waals surface area contributed by atoms with E-state index in [9.17, 15) is 14.9 Å². The Hall–Kier alpha value is -2.88. The Kier molecular flexibility index (Phi) is 4.96. The zero-order chi connectivity index (χ0) is 17.0. The molecule has 120 valence electrons. The van der Waals surface area contributed by atoms with Crippen molar-refractivity contribution in [1.82, 2.24) is 9.78 Å². The van der Waals surface area contributed by atoms with Gasteiger partial charge in [-0.05, 0) is 24.5 Å². The Morgan fingerprint density at radius 1 is 1.43 bits per heavy atom. The molecule has 0 aliphatic carbocycles. The van der Waals surface area contributed by atoms with Gasteiger partial charge >= 0.3 is 5.97 Å². The van der Waals surface area contributed by atoms with Crippen LogP contribution in [0.15, 0.2) is 21.5 Å². The number of methoxy groups -OCH3 is 1. The van der Waals surface area contributed by atoms with Crippen LogP contribution in [-0.4, -0.2) is 22.9 Å². The predicted molar refractivity (Wildman–Crippen MR) is 81.1 cm³/mol. The van der Waals surface area contributed by atoms with Crippen LogP contribution in [0.2, 0.25) is 0 Å². The van der Waals surface area contributed by atoms with Gasteiger partial charge in [-0.3, -0.25) is 4.79 Å². The maximum Gasteiger partial charge on any atom is 0.341 e. The highest BCUT2D eigenvalue weighted by Crippen LogP contribution is 2.14. The monoisotopic (exact) mass is 315 g/mol. The van der Waals surface area contributed by atoms with Gasteiger partial charge in [-0.25, -0.2) is 9.48 Å². The van der Waals surface area contributed by atoms with E-state index < -0.39 is 11.5 Å². The lowest BCUT2D eigenvalue weighted by atomic mass is 10.0. The zero-order valence-corrected chi connectivity index (χ0v) is 13.3. The van der Waals surface area contributed by atoms with Crippen LogP contribution < -0.4 is 5.56 Å². The molecule has 0 N–H and O–H groups in total. The van der Waals surface area contributed by atoms with Gasteiger partial charge in [0, 0.05) is 0 Å². The van der Waals surface area contributed by atoms with E-state index >= 15 is 0 Å². The summed E-state index contributed by atoms with van der Waals surface area (Å²) in [7, 11) is 1.27. The number of furan rings is 1. The molecule has 0 unspecified atom stereocenters. The molecule has 0 saturated heterocycles. The van der Waals surface area contributed by atoms with Crippen LogP contribution in [0.1, 0.15) is 46.8 Å². The highest BCUT2D eigenvalue weighted by Gasteiger charge is 2.19. The number of carbonyl (C=O) groups excluding carboxylic acids is 1. The molecule has 0 aromatic carbocycles. The third kappa shape index (κ3) is 3.01. The fourth-order valence-electron chi connectivity index (χ4n) is 2.43. The minimum Gasteiger partial charge on any atom is -0.466 e. The third-order valence-electron chi connectivity index (χ3n) is 3.58. The first kappa shape index (κ1) is 16.5. The van der Waals surface area contributed by atoms with Gasteiger partial charge in [-0.15, -0.1) is 0 Å². The van der Waals surface area contributed by atoms with E-state index in [2.05, 4.69) is 9.84 Å². The Labute approximate surface area is 133 Å². The lowest BCUT2D eigenvalue weighted by molar-refractivity contribution is 0.0598. The molecule has 0 saturated carbocycles. The third-order valence-corrected chi connectivity index (χ3v) is 3.58. The van der Waals surface area contributed by atoms with E-state index in [1.807, 2.05) is 19.9 Å². The quantitative estimate of drug-likeness (QED) is 0.778. The average molecular weight is 315 g/mol. The molecule has 0 atom stereocenters. The van der Waals surface area contributed by atoms with Gasteiger partial charge < -0.3 is 9.15 Å². The molecule has 2 aromatic heterocycles. The van der Waals surface area contributed by atoms with Crippen molar-refractivity contribution in [2.75, 3.05) is 7.11 Å². The summed E-state index contributed by atoms with van der Waals surface area (Å²) in [4.78, 5) is 24.1. The van der Waals surface area contributed by atoms with Gasteiger partial charge in [0.05, 0.1) is 19.1 Å². The molecule has 23 heavy (non-hydrogen) atoms. The van der Waals surface area contributed by atoms with Crippen molar-refractivity contribution in [2.45, 2.75) is 33.2 Å². The second-order valence-electron chi connectivity index (χ2n) is 4.83. The second kappa shape index (κ2) is 6.92. The van der Waals surface area contributed by atoms with Crippen LogP contribution in [0.4, 0.5) is 0 Å². The fraction of sp³-hybridized carbons (Fsp3) is 0.375. The van der Waals surface area contributed by atoms with E-state index in [0.29, 0.717) is 24.1 Å². The molecule has 0 amide bonds. The van der Waals surface area contributed by atoms with Crippen LogP contribution in [0, 0.1) is 11.3 Å². The van der Waals surface area contributed by atoms with Gasteiger partial charge in [0.2, 0.25) is 0 Å². The number of ether oxygens (including phenoxy) is 1. The number of rotatable bonds is 5. The summed E-state index contributed by atoms with van der Waals surface area (Å²) >= 11 is 0. The lowest BCUT2D eigenvalue weighted by Gasteiger charge is -2.11. The minimum absolute atomic E-state index is 0.0397. The molecular weight excluding hydrogens is 298 g/mol. The zero-order valence-electron chi connectivity index (χ0n) is 13.3. The SMILES string of the molecule is CCc1nn(Cc2occc2C(=O)OC)c(=O)c(C#N)c1CC. The maximum atomic E-state index is 12.4. The maximum absolute atomic E-state index is 12.4. The molecule has 0 aliphatic heterocycles. The molecule has 0 aliphatic rings. The summed E-state index contributed by atoms with van der Waals surface area (Å²) < 4.78 is 11.1. The number of carbonyl (C=O) groups is 1. The van der Waals surface area contributed by atoms with Crippen LogP contribution in [0.25, 0.3) is 0 Å². The van der Waals surface area contributed by atoms with Crippen LogP contribution in [0.3, 0.4) is 0 Å². The largest absolute Gasteiger partial charge is 0.466 e. The van der Waals surface area contributed by atoms with Crippen LogP contribution in [0.5, 0.6) is 0 Å². The standard InChI is InChI=1S/C16H17N3O4/c1-4-10-12(8-17)15(20)19(18-13(10)5-2)9-14-11(6-7-23-14)16(21)22-3/h6-7H,4-5,9H2,1-3H3. The normalized spacial score (nSPS) is 10.3. The Bertz CT molecular complexity index is 827. The number of nitrogens with zero attached hydrogens (tertiary/aromatic N) is 3. The van der Waals surface area contributed by atoms with Crippen molar-refractivity contribution in [2.24, 2.45) is 0 Å². The van der Waals surface area contributed by atoms with Crippen LogP contribution in [-0.2, 0) is 24.1 Å². The number of nitriles is 1. The van der Waals surface area contributed by atoms with Gasteiger partial charge in [-0.2, -0.15) is 10.4 Å². The first-order valence-electron chi connectivity index (χ1n) is 7.24. The summed E-state index contributed by atoms with van der Waals surface area (Å²) in [5.41, 5.74) is 1.19. The Morgan fingerprint density at radius 2 is 2.17 bits per heavy atom. The second-order valence-corrected chi connectivity index (χ2v) is 4.83. The van der Waals surface area contributed by atoms with Gasteiger partial charge in [0.1, 0.15) is 29.5 Å². The van der Waals surface area contributed by atoms with Crippen LogP contribution >= 0.6 is 0 Å². The molecule has 2 aromatic rings. The average Bonchev–Trinajstić information content (AvgIpc) is 3.03. The molecule has 0 fully saturated rings. The number of hydrogen-bond donors (Lipinski definition) is 0. The van der Waals surface area contributed by atoms with Gasteiger partial charge in [0.25, 0.3) is 5.56 Å². The Balaban J connectivity index is 2.54. The first-order valence-corrected chi connectivity index (χ1v) is 7.24. The smallest absolute Gasteiger partial charge is 0.341 e. The fourth-order valence-corrected chi connectivity index (χ4v) is 2.43. The van der Waals surface area contributed by atoms with Gasteiger partial charge in [0.15, 0.2) is 0 Å². The highest BCUT2D eigenvalue weighted by molar-refractivity contribution is 5.90. The number of esters is 1. The summed E-state index contributed by atoms with van der Waals surface area (Å²) in [6, 6.07) is 3.43. The highest BCUT2D eigenvalue weighted by atomic mass is 16.5. The molecule has 0 spiro atoms. The first-order chi connectivity index (χ1) is 11.1. The van der Waals surface area contributed by atoms with E-state index in [-0.39, 0.29) is 23.4 Å². The molecular formula is C16H17N3O4. The molecule has 7 nitrogen and oxygen atoms in total. The molecule has 0 radical (unpaired) electrons. The predicted octanol–water partition coefficient (Wildman–Crippen LogP) is 1.67. The molecule has 7 heteroatoms. The topological polar surface area (TPSA) is 98.1 Å². The van der Waals surface area contributed by atoms with Crippen molar-refractivity contribution in [3.05, 3.63) is 50.8 Å². The van der Waals surface area contributed by atoms with Crippen molar-refractivity contribution in [3.63, 3.8) is 0 Å². The lowest BCUT2D eigenvalue weighted by Crippen LogP contribution is -2.29. The molecule has 2 rings (SSSR count). The minimum atomic E-state index is -0.553. The van der Waals surface area contributed by atoms with Crippen molar-refractivity contribution < 1.29 is 13.9 Å². The Morgan fingerprint density at radius 3 is 2.74 bits per heavy atom. The van der Waals surface area contributed by atoms with E-state index in [1.165, 1.54) is 19.4 Å². The van der Waals surface area contributed by atoms with Crippen molar-refractivity contribution in [3.8, 4) is 6.07 Å². The summed E-state index contributed by atoms with van der Waals surface area (Å²) in [6.07, 6.45) is 2.50. The van der Waals surface area contributed by atoms with Crippen molar-refractivity contribution >= 4 is 5.97 Å². The van der Waals surface area contributed by atoms with E-state index in [1.54, 1.807) is 0 Å². The number of aryl methyl sites for hydroxylation is 1. The van der Waals surface area contributed by atoms with Gasteiger partial charge in [-0.1, -0.05) is 13.8 Å². The van der Waals surface area contributed by atoms with E-state index in [4.69, 9.17) is 4.42 Å². The summed E-state index contributed by atoms with van der Waals surface area (Å²) in [6.45, 7) is 3.74. The molecule has 0 bridgehead atoms. The number of aromatic nitrogens is 2. The molecule has 2 heterocycles. The van der Waals surface area contributed by atoms with Crippen molar-refractivity contribution in [1.29, 1.82) is 5.26 Å². The summed E-state index contributed by atoms with van der Waals surface area (Å²) in [5, 5.41) is 13.6. The van der Waals surface area contributed by atoms with E-state index in [0.717, 1.165) is 4.68 Å². The number of hydrogen-bond acceptors (Lipinski definition) is 6. The summed E-state index contributed by atoms with van der Waals surface area (Å²) in [5.74, 6) is -0.287.